The molecule has 0 heterocycles. The van der Waals surface area contributed by atoms with E-state index in [4.69, 9.17) is 10.2 Å². The minimum atomic E-state index is -1.23. The molecular formula is C7H13Na3O4. The predicted molar refractivity (Wildman–Crippen MR) is 41.5 cm³/mol. The maximum Gasteiger partial charge on any atom is 1.00 e. The third kappa shape index (κ3) is 11.8. The van der Waals surface area contributed by atoms with Crippen molar-refractivity contribution in [3.63, 3.8) is 0 Å². The Labute approximate surface area is 154 Å². The van der Waals surface area contributed by atoms with Gasteiger partial charge in [-0.15, -0.1) is 0 Å². The molecule has 14 heavy (non-hydrogen) atoms. The van der Waals surface area contributed by atoms with Gasteiger partial charge < -0.3 is 14.5 Å². The first kappa shape index (κ1) is 24.8. The van der Waals surface area contributed by atoms with E-state index >= 15 is 0 Å². The van der Waals surface area contributed by atoms with Gasteiger partial charge in [-0.25, -0.2) is 9.59 Å². The monoisotopic (exact) mass is 230 g/mol. The number of carbonyl (C=O) groups is 2. The molecule has 7 heteroatoms. The van der Waals surface area contributed by atoms with Gasteiger partial charge in [0.05, 0.1) is 0 Å². The molecule has 4 nitrogen and oxygen atoms in total. The van der Waals surface area contributed by atoms with E-state index in [1.165, 1.54) is 0 Å². The maximum atomic E-state index is 10.3. The fourth-order valence-corrected chi connectivity index (χ4v) is 0.608. The van der Waals surface area contributed by atoms with Crippen molar-refractivity contribution in [1.29, 1.82) is 0 Å². The van der Waals surface area contributed by atoms with Gasteiger partial charge in [0.2, 0.25) is 0 Å². The van der Waals surface area contributed by atoms with Crippen LogP contribution in [0.1, 0.15) is 18.1 Å². The molecule has 0 aromatic carbocycles. The van der Waals surface area contributed by atoms with Gasteiger partial charge in [0.15, 0.2) is 0 Å². The Morgan fingerprint density at radius 2 is 1.50 bits per heavy atom. The van der Waals surface area contributed by atoms with Crippen molar-refractivity contribution >= 4 is 11.9 Å². The molecule has 0 spiro atoms. The van der Waals surface area contributed by atoms with Crippen LogP contribution in [-0.2, 0) is 9.59 Å². The first-order valence-corrected chi connectivity index (χ1v) is 3.13. The Kier molecular flexibility index (Phi) is 22.6. The molecule has 0 radical (unpaired) electrons. The minimum absolute atomic E-state index is 0. The van der Waals surface area contributed by atoms with Crippen LogP contribution in [0.3, 0.4) is 0 Å². The summed E-state index contributed by atoms with van der Waals surface area (Å²) in [5.74, 6) is -2.68. The standard InChI is InChI=1S/C7H10O4.3Na.3H/c1-4(2)5(7(10)11)3-6(8)9;;;;;;/h3-4H,1-2H3,(H,8,9)(H,10,11);;;;;;/q;3*+1;3*-1/b5-3-;;;;;;. The van der Waals surface area contributed by atoms with Crippen LogP contribution in [-0.4, -0.2) is 22.2 Å². The molecular weight excluding hydrogens is 217 g/mol. The summed E-state index contributed by atoms with van der Waals surface area (Å²) in [6.07, 6.45) is 0.715. The second kappa shape index (κ2) is 12.7. The summed E-state index contributed by atoms with van der Waals surface area (Å²) in [6.45, 7) is 3.26. The van der Waals surface area contributed by atoms with E-state index in [1.54, 1.807) is 13.8 Å². The zero-order valence-corrected chi connectivity index (χ0v) is 15.4. The van der Waals surface area contributed by atoms with Crippen molar-refractivity contribution in [2.75, 3.05) is 0 Å². The average Bonchev–Trinajstić information content (AvgIpc) is 1.81. The summed E-state index contributed by atoms with van der Waals surface area (Å²) in [6, 6.07) is 0. The number of carboxylic acids is 2. The molecule has 0 aliphatic carbocycles. The molecule has 0 atom stereocenters. The van der Waals surface area contributed by atoms with Crippen LogP contribution in [0.25, 0.3) is 0 Å². The molecule has 0 bridgehead atoms. The van der Waals surface area contributed by atoms with Crippen molar-refractivity contribution < 1.29 is 113 Å². The van der Waals surface area contributed by atoms with Crippen LogP contribution in [0.5, 0.6) is 0 Å². The summed E-state index contributed by atoms with van der Waals surface area (Å²) in [5, 5.41) is 16.7. The van der Waals surface area contributed by atoms with Gasteiger partial charge in [0.25, 0.3) is 0 Å². The summed E-state index contributed by atoms with van der Waals surface area (Å²) in [7, 11) is 0. The molecule has 2 N–H and O–H groups in total. The van der Waals surface area contributed by atoms with E-state index in [2.05, 4.69) is 0 Å². The second-order valence-electron chi connectivity index (χ2n) is 2.40. The third-order valence-corrected chi connectivity index (χ3v) is 1.15. The molecule has 0 aliphatic heterocycles. The van der Waals surface area contributed by atoms with Crippen LogP contribution < -0.4 is 88.7 Å². The van der Waals surface area contributed by atoms with Crippen molar-refractivity contribution in [3.05, 3.63) is 11.6 Å². The second-order valence-corrected chi connectivity index (χ2v) is 2.40. The van der Waals surface area contributed by atoms with Gasteiger partial charge >= 0.3 is 101 Å². The number of rotatable bonds is 3. The zero-order valence-electron chi connectivity index (χ0n) is 12.4. The van der Waals surface area contributed by atoms with Gasteiger partial charge in [-0.3, -0.25) is 0 Å². The molecule has 68 valence electrons. The summed E-state index contributed by atoms with van der Waals surface area (Å²) >= 11 is 0. The summed E-state index contributed by atoms with van der Waals surface area (Å²) < 4.78 is 0. The van der Waals surface area contributed by atoms with Gasteiger partial charge in [-0.05, 0) is 5.92 Å². The Bertz CT molecular complexity index is 224. The molecule has 0 aliphatic rings. The van der Waals surface area contributed by atoms with Gasteiger partial charge in [0, 0.05) is 11.6 Å². The SMILES string of the molecule is CC(C)/C(=C/C(=O)O)C(=O)O.[H-].[H-].[H-].[Na+].[Na+].[Na+]. The Morgan fingerprint density at radius 1 is 1.14 bits per heavy atom. The molecule has 0 amide bonds. The van der Waals surface area contributed by atoms with Gasteiger partial charge in [-0.2, -0.15) is 0 Å². The first-order valence-electron chi connectivity index (χ1n) is 3.13. The van der Waals surface area contributed by atoms with E-state index in [1.807, 2.05) is 0 Å². The van der Waals surface area contributed by atoms with Crippen molar-refractivity contribution in [2.45, 2.75) is 13.8 Å². The number of hydrogen-bond acceptors (Lipinski definition) is 2. The quantitative estimate of drug-likeness (QED) is 0.373. The molecule has 0 unspecified atom stereocenters. The smallest absolute Gasteiger partial charge is 1.00 e. The Balaban J connectivity index is -0.0000000333. The van der Waals surface area contributed by atoms with E-state index in [-0.39, 0.29) is 104 Å². The van der Waals surface area contributed by atoms with Crippen molar-refractivity contribution in [3.8, 4) is 0 Å². The Hall–Kier alpha value is 1.68. The fourth-order valence-electron chi connectivity index (χ4n) is 0.608. The number of hydrogen-bond donors (Lipinski definition) is 2. The normalized spacial score (nSPS) is 9.21. The average molecular weight is 230 g/mol. The van der Waals surface area contributed by atoms with Crippen LogP contribution in [0.2, 0.25) is 0 Å². The topological polar surface area (TPSA) is 74.6 Å². The maximum absolute atomic E-state index is 10.3. The Morgan fingerprint density at radius 3 is 1.57 bits per heavy atom. The molecule has 0 saturated carbocycles. The first-order chi connectivity index (χ1) is 4.95. The largest absolute Gasteiger partial charge is 1.00 e. The number of aliphatic carboxylic acids is 2. The molecule has 0 aromatic rings. The summed E-state index contributed by atoms with van der Waals surface area (Å²) in [4.78, 5) is 20.4. The number of carboxylic acid groups (broad SMARTS) is 2. The molecule has 0 aromatic heterocycles. The van der Waals surface area contributed by atoms with Gasteiger partial charge in [-0.1, -0.05) is 13.8 Å². The van der Waals surface area contributed by atoms with Crippen molar-refractivity contribution in [2.24, 2.45) is 5.92 Å². The molecule has 0 fully saturated rings. The fraction of sp³-hybridized carbons (Fsp3) is 0.429. The minimum Gasteiger partial charge on any atom is -1.00 e. The van der Waals surface area contributed by atoms with E-state index in [0.717, 1.165) is 0 Å². The van der Waals surface area contributed by atoms with E-state index in [9.17, 15) is 9.59 Å². The third-order valence-electron chi connectivity index (χ3n) is 1.15. The van der Waals surface area contributed by atoms with Crippen LogP contribution >= 0.6 is 0 Å². The zero-order chi connectivity index (χ0) is 9.02. The molecule has 0 rings (SSSR count). The van der Waals surface area contributed by atoms with Crippen molar-refractivity contribution in [1.82, 2.24) is 0 Å². The molecule has 0 saturated heterocycles. The van der Waals surface area contributed by atoms with E-state index in [0.29, 0.717) is 6.08 Å². The summed E-state index contributed by atoms with van der Waals surface area (Å²) in [5.41, 5.74) is -0.0856. The van der Waals surface area contributed by atoms with Crippen LogP contribution in [0.15, 0.2) is 11.6 Å². The van der Waals surface area contributed by atoms with Crippen LogP contribution in [0.4, 0.5) is 0 Å². The van der Waals surface area contributed by atoms with Crippen LogP contribution in [0, 0.1) is 5.92 Å². The predicted octanol–water partition coefficient (Wildman–Crippen LogP) is -7.91. The van der Waals surface area contributed by atoms with E-state index < -0.39 is 11.9 Å². The van der Waals surface area contributed by atoms with Gasteiger partial charge in [0.1, 0.15) is 0 Å².